The summed E-state index contributed by atoms with van der Waals surface area (Å²) in [7, 11) is 0. The van der Waals surface area contributed by atoms with E-state index < -0.39 is 0 Å². The second-order valence-electron chi connectivity index (χ2n) is 6.85. The molecule has 0 bridgehead atoms. The van der Waals surface area contributed by atoms with Crippen molar-refractivity contribution in [2.75, 3.05) is 24.6 Å². The minimum atomic E-state index is 0.163. The number of ether oxygens (including phenoxy) is 1. The summed E-state index contributed by atoms with van der Waals surface area (Å²) in [5.74, 6) is 1.76. The normalized spacial score (nSPS) is 14.8. The van der Waals surface area contributed by atoms with Crippen molar-refractivity contribution in [2.24, 2.45) is 5.92 Å². The Morgan fingerprint density at radius 3 is 2.79 bits per heavy atom. The highest BCUT2D eigenvalue weighted by molar-refractivity contribution is 5.85. The van der Waals surface area contributed by atoms with Crippen LogP contribution in [0.15, 0.2) is 36.8 Å². The molecule has 1 saturated heterocycles. The van der Waals surface area contributed by atoms with Crippen molar-refractivity contribution in [1.29, 1.82) is 5.26 Å². The number of pyridine rings is 2. The van der Waals surface area contributed by atoms with Gasteiger partial charge in [0.05, 0.1) is 30.1 Å². The number of carbonyl (C=O) groups excluding carboxylic acids is 1. The van der Waals surface area contributed by atoms with Crippen LogP contribution in [0.2, 0.25) is 0 Å². The Kier molecular flexibility index (Phi) is 4.94. The Labute approximate surface area is 163 Å². The summed E-state index contributed by atoms with van der Waals surface area (Å²) >= 11 is 0. The average Bonchev–Trinajstić information content (AvgIpc) is 3.17. The number of hydrogen-bond acceptors (Lipinski definition) is 6. The van der Waals surface area contributed by atoms with E-state index in [4.69, 9.17) is 4.74 Å². The Hall–Kier alpha value is -3.40. The van der Waals surface area contributed by atoms with Crippen LogP contribution < -0.4 is 9.64 Å². The summed E-state index contributed by atoms with van der Waals surface area (Å²) in [6.45, 7) is 4.14. The summed E-state index contributed by atoms with van der Waals surface area (Å²) in [5, 5.41) is 13.7. The predicted molar refractivity (Wildman–Crippen MR) is 105 cm³/mol. The van der Waals surface area contributed by atoms with E-state index in [1.807, 2.05) is 31.3 Å². The lowest BCUT2D eigenvalue weighted by atomic mass is 9.98. The maximum Gasteiger partial charge on any atom is 0.138 e. The van der Waals surface area contributed by atoms with Crippen molar-refractivity contribution >= 4 is 17.6 Å². The van der Waals surface area contributed by atoms with Gasteiger partial charge in [-0.1, -0.05) is 0 Å². The molecule has 0 spiro atoms. The fourth-order valence-electron chi connectivity index (χ4n) is 3.64. The molecule has 4 rings (SSSR count). The minimum absolute atomic E-state index is 0.163. The van der Waals surface area contributed by atoms with Gasteiger partial charge in [0, 0.05) is 36.3 Å². The third-order valence-electron chi connectivity index (χ3n) is 5.13. The molecule has 1 fully saturated rings. The van der Waals surface area contributed by atoms with E-state index in [1.165, 1.54) is 0 Å². The van der Waals surface area contributed by atoms with Crippen LogP contribution in [-0.2, 0) is 4.79 Å². The maximum absolute atomic E-state index is 10.9. The SMILES string of the molecule is CCOc1cc(-c2ccc(N3CCC(C=O)CC3)nc2)c2c(C#N)cnn2c1. The van der Waals surface area contributed by atoms with Gasteiger partial charge in [-0.05, 0) is 38.0 Å². The van der Waals surface area contributed by atoms with E-state index in [0.717, 1.165) is 54.7 Å². The number of anilines is 1. The number of aldehydes is 1. The number of aromatic nitrogens is 3. The van der Waals surface area contributed by atoms with Gasteiger partial charge < -0.3 is 14.4 Å². The van der Waals surface area contributed by atoms with E-state index >= 15 is 0 Å². The van der Waals surface area contributed by atoms with Crippen molar-refractivity contribution < 1.29 is 9.53 Å². The zero-order chi connectivity index (χ0) is 19.5. The van der Waals surface area contributed by atoms with Gasteiger partial charge in [-0.2, -0.15) is 10.4 Å². The Bertz CT molecular complexity index is 1030. The first-order valence-corrected chi connectivity index (χ1v) is 9.44. The number of fused-ring (bicyclic) bond motifs is 1. The van der Waals surface area contributed by atoms with E-state index in [2.05, 4.69) is 21.1 Å². The lowest BCUT2D eigenvalue weighted by Crippen LogP contribution is -2.34. The standard InChI is InChI=1S/C21H21N5O2/c1-2-28-18-9-19(21-17(10-22)12-24-26(21)13-18)16-3-4-20(23-11-16)25-7-5-15(14-27)6-8-25/h3-4,9,11-15H,2,5-8H2,1H3. The van der Waals surface area contributed by atoms with Crippen LogP contribution in [0, 0.1) is 17.2 Å². The van der Waals surface area contributed by atoms with Gasteiger partial charge in [0.15, 0.2) is 0 Å². The van der Waals surface area contributed by atoms with Crippen LogP contribution in [0.5, 0.6) is 5.75 Å². The van der Waals surface area contributed by atoms with Gasteiger partial charge in [-0.25, -0.2) is 9.50 Å². The molecule has 4 heterocycles. The van der Waals surface area contributed by atoms with E-state index in [-0.39, 0.29) is 5.92 Å². The quantitative estimate of drug-likeness (QED) is 0.637. The second kappa shape index (κ2) is 7.69. The number of nitriles is 1. The predicted octanol–water partition coefficient (Wildman–Crippen LogP) is 3.08. The van der Waals surface area contributed by atoms with Gasteiger partial charge >= 0.3 is 0 Å². The van der Waals surface area contributed by atoms with Crippen molar-refractivity contribution in [3.63, 3.8) is 0 Å². The molecule has 1 aliphatic rings. The molecule has 0 amide bonds. The van der Waals surface area contributed by atoms with Gasteiger partial charge in [0.2, 0.25) is 0 Å². The molecule has 1 aliphatic heterocycles. The summed E-state index contributed by atoms with van der Waals surface area (Å²) in [4.78, 5) is 17.8. The summed E-state index contributed by atoms with van der Waals surface area (Å²) in [5.41, 5.74) is 3.01. The highest BCUT2D eigenvalue weighted by atomic mass is 16.5. The monoisotopic (exact) mass is 375 g/mol. The van der Waals surface area contributed by atoms with Crippen molar-refractivity contribution in [2.45, 2.75) is 19.8 Å². The lowest BCUT2D eigenvalue weighted by Gasteiger charge is -2.30. The average molecular weight is 375 g/mol. The van der Waals surface area contributed by atoms with Crippen LogP contribution in [0.4, 0.5) is 5.82 Å². The molecule has 7 heteroatoms. The zero-order valence-electron chi connectivity index (χ0n) is 15.7. The summed E-state index contributed by atoms with van der Waals surface area (Å²) < 4.78 is 7.34. The highest BCUT2D eigenvalue weighted by Crippen LogP contribution is 2.31. The molecule has 0 aromatic carbocycles. The van der Waals surface area contributed by atoms with Crippen LogP contribution in [-0.4, -0.2) is 40.6 Å². The van der Waals surface area contributed by atoms with Gasteiger partial charge in [0.1, 0.15) is 23.9 Å². The van der Waals surface area contributed by atoms with Crippen LogP contribution in [0.25, 0.3) is 16.6 Å². The summed E-state index contributed by atoms with van der Waals surface area (Å²) in [6, 6.07) is 8.12. The lowest BCUT2D eigenvalue weighted by molar-refractivity contribution is -0.111. The van der Waals surface area contributed by atoms with Crippen LogP contribution in [0.1, 0.15) is 25.3 Å². The first kappa shape index (κ1) is 18.0. The van der Waals surface area contributed by atoms with Crippen molar-refractivity contribution in [3.05, 3.63) is 42.4 Å². The van der Waals surface area contributed by atoms with Gasteiger partial charge in [-0.3, -0.25) is 0 Å². The summed E-state index contributed by atoms with van der Waals surface area (Å²) in [6.07, 6.45) is 7.95. The molecule has 142 valence electrons. The second-order valence-corrected chi connectivity index (χ2v) is 6.85. The molecule has 0 radical (unpaired) electrons. The molecule has 0 unspecified atom stereocenters. The van der Waals surface area contributed by atoms with E-state index in [0.29, 0.717) is 17.9 Å². The number of nitrogens with zero attached hydrogens (tertiary/aromatic N) is 5. The molecule has 28 heavy (non-hydrogen) atoms. The van der Waals surface area contributed by atoms with Crippen LogP contribution in [0.3, 0.4) is 0 Å². The highest BCUT2D eigenvalue weighted by Gasteiger charge is 2.20. The number of carbonyl (C=O) groups is 1. The Balaban J connectivity index is 1.69. The number of rotatable bonds is 5. The van der Waals surface area contributed by atoms with Crippen LogP contribution >= 0.6 is 0 Å². The van der Waals surface area contributed by atoms with Gasteiger partial charge in [0.25, 0.3) is 0 Å². The minimum Gasteiger partial charge on any atom is -0.492 e. The third kappa shape index (κ3) is 3.29. The molecular weight excluding hydrogens is 354 g/mol. The van der Waals surface area contributed by atoms with Crippen molar-refractivity contribution in [1.82, 2.24) is 14.6 Å². The molecule has 0 atom stereocenters. The smallest absolute Gasteiger partial charge is 0.138 e. The Morgan fingerprint density at radius 1 is 1.32 bits per heavy atom. The Morgan fingerprint density at radius 2 is 2.14 bits per heavy atom. The number of hydrogen-bond donors (Lipinski definition) is 0. The molecular formula is C21H21N5O2. The topological polar surface area (TPSA) is 83.5 Å². The molecule has 3 aromatic heterocycles. The first-order valence-electron chi connectivity index (χ1n) is 9.44. The molecule has 0 N–H and O–H groups in total. The first-order chi connectivity index (χ1) is 13.7. The van der Waals surface area contributed by atoms with Gasteiger partial charge in [-0.15, -0.1) is 0 Å². The molecule has 0 saturated carbocycles. The fourth-order valence-corrected chi connectivity index (χ4v) is 3.64. The fraction of sp³-hybridized carbons (Fsp3) is 0.333. The third-order valence-corrected chi connectivity index (χ3v) is 5.13. The molecule has 3 aromatic rings. The largest absolute Gasteiger partial charge is 0.492 e. The molecule has 0 aliphatic carbocycles. The number of piperidine rings is 1. The zero-order valence-corrected chi connectivity index (χ0v) is 15.7. The van der Waals surface area contributed by atoms with Crippen molar-refractivity contribution in [3.8, 4) is 22.9 Å². The maximum atomic E-state index is 10.9. The van der Waals surface area contributed by atoms with E-state index in [9.17, 15) is 10.1 Å². The van der Waals surface area contributed by atoms with E-state index in [1.54, 1.807) is 16.9 Å². The molecule has 7 nitrogen and oxygen atoms in total.